The van der Waals surface area contributed by atoms with Crippen molar-refractivity contribution in [3.05, 3.63) is 0 Å². The van der Waals surface area contributed by atoms with Crippen molar-refractivity contribution in [3.63, 3.8) is 0 Å². The molecule has 0 aliphatic heterocycles. The van der Waals surface area contributed by atoms with Gasteiger partial charge in [0.15, 0.2) is 0 Å². The summed E-state index contributed by atoms with van der Waals surface area (Å²) in [6, 6.07) is 0. The summed E-state index contributed by atoms with van der Waals surface area (Å²) in [5.41, 5.74) is 0.0215. The number of hydrogen-bond donors (Lipinski definition) is 1. The highest BCUT2D eigenvalue weighted by Crippen LogP contribution is 2.56. The summed E-state index contributed by atoms with van der Waals surface area (Å²) in [5.74, 6) is 2.15. The molecule has 0 radical (unpaired) electrons. The van der Waals surface area contributed by atoms with E-state index in [1.54, 1.807) is 0 Å². The molecule has 2 aliphatic rings. The molecule has 0 saturated heterocycles. The van der Waals surface area contributed by atoms with Crippen molar-refractivity contribution in [1.82, 2.24) is 0 Å². The molecule has 2 fully saturated rings. The van der Waals surface area contributed by atoms with Crippen molar-refractivity contribution in [2.45, 2.75) is 71.8 Å². The largest absolute Gasteiger partial charge is 0.390 e. The van der Waals surface area contributed by atoms with Crippen molar-refractivity contribution < 1.29 is 5.11 Å². The molecule has 0 aromatic heterocycles. The van der Waals surface area contributed by atoms with Crippen molar-refractivity contribution in [3.8, 4) is 0 Å². The molecule has 1 nitrogen and oxygen atoms in total. The molecule has 94 valence electrons. The molecule has 2 saturated carbocycles. The second-order valence-electron chi connectivity index (χ2n) is 7.20. The monoisotopic (exact) mass is 224 g/mol. The van der Waals surface area contributed by atoms with Crippen LogP contribution in [-0.4, -0.2) is 10.7 Å². The van der Waals surface area contributed by atoms with Crippen molar-refractivity contribution in [1.29, 1.82) is 0 Å². The summed E-state index contributed by atoms with van der Waals surface area (Å²) in [5, 5.41) is 10.6. The minimum absolute atomic E-state index is 0.402. The Hall–Kier alpha value is -0.0400. The number of hydrogen-bond acceptors (Lipinski definition) is 1. The Balaban J connectivity index is 2.18. The molecule has 2 rings (SSSR count). The summed E-state index contributed by atoms with van der Waals surface area (Å²) in [7, 11) is 0. The average Bonchev–Trinajstić information content (AvgIpc) is 2.15. The lowest BCUT2D eigenvalue weighted by atomic mass is 9.53. The van der Waals surface area contributed by atoms with Crippen molar-refractivity contribution >= 4 is 0 Å². The van der Waals surface area contributed by atoms with E-state index in [-0.39, 0.29) is 0 Å². The fourth-order valence-corrected chi connectivity index (χ4v) is 4.33. The van der Waals surface area contributed by atoms with Crippen LogP contribution in [-0.2, 0) is 0 Å². The lowest BCUT2D eigenvalue weighted by molar-refractivity contribution is -0.126. The molecule has 0 unspecified atom stereocenters. The van der Waals surface area contributed by atoms with Crippen LogP contribution in [0.25, 0.3) is 0 Å². The zero-order chi connectivity index (χ0) is 12.0. The summed E-state index contributed by atoms with van der Waals surface area (Å²) >= 11 is 0. The van der Waals surface area contributed by atoms with Crippen molar-refractivity contribution in [2.24, 2.45) is 23.2 Å². The van der Waals surface area contributed by atoms with Crippen LogP contribution < -0.4 is 0 Å². The van der Waals surface area contributed by atoms with Crippen LogP contribution in [0.4, 0.5) is 0 Å². The van der Waals surface area contributed by atoms with E-state index in [1.165, 1.54) is 32.1 Å². The average molecular weight is 224 g/mol. The van der Waals surface area contributed by atoms with E-state index in [9.17, 15) is 5.11 Å². The molecule has 0 bridgehead atoms. The van der Waals surface area contributed by atoms with Gasteiger partial charge >= 0.3 is 0 Å². The van der Waals surface area contributed by atoms with Crippen LogP contribution >= 0.6 is 0 Å². The molecule has 0 aromatic rings. The smallest absolute Gasteiger partial charge is 0.0653 e. The minimum atomic E-state index is -0.402. The third kappa shape index (κ3) is 2.03. The van der Waals surface area contributed by atoms with E-state index < -0.39 is 5.60 Å². The predicted octanol–water partition coefficient (Wildman–Crippen LogP) is 4.00. The lowest BCUT2D eigenvalue weighted by Crippen LogP contribution is -2.51. The lowest BCUT2D eigenvalue weighted by Gasteiger charge is -2.54. The molecule has 0 spiro atoms. The van der Waals surface area contributed by atoms with Gasteiger partial charge in [0.1, 0.15) is 0 Å². The zero-order valence-electron chi connectivity index (χ0n) is 11.4. The SMILES string of the molecule is CC(C)[C@@H]1CC[C@@]2(C)CCC[C@@](C)(O)[C@H]2C1. The topological polar surface area (TPSA) is 20.2 Å². The summed E-state index contributed by atoms with van der Waals surface area (Å²) in [6.07, 6.45) is 7.52. The summed E-state index contributed by atoms with van der Waals surface area (Å²) < 4.78 is 0. The second-order valence-corrected chi connectivity index (χ2v) is 7.20. The predicted molar refractivity (Wildman–Crippen MR) is 68.3 cm³/mol. The molecule has 2 aliphatic carbocycles. The first kappa shape index (κ1) is 12.4. The molecule has 0 aromatic carbocycles. The first-order valence-electron chi connectivity index (χ1n) is 7.07. The van der Waals surface area contributed by atoms with Gasteiger partial charge in [-0.05, 0) is 62.2 Å². The van der Waals surface area contributed by atoms with Gasteiger partial charge in [-0.2, -0.15) is 0 Å². The highest BCUT2D eigenvalue weighted by atomic mass is 16.3. The molecule has 1 heteroatoms. The fraction of sp³-hybridized carbons (Fsp3) is 1.00. The highest BCUT2D eigenvalue weighted by Gasteiger charge is 2.50. The van der Waals surface area contributed by atoms with Gasteiger partial charge in [0.05, 0.1) is 5.60 Å². The Morgan fingerprint density at radius 2 is 1.81 bits per heavy atom. The van der Waals surface area contributed by atoms with Crippen LogP contribution in [0.5, 0.6) is 0 Å². The first-order chi connectivity index (χ1) is 7.35. The van der Waals surface area contributed by atoms with Gasteiger partial charge in [0.2, 0.25) is 0 Å². The highest BCUT2D eigenvalue weighted by molar-refractivity contribution is 5.01. The minimum Gasteiger partial charge on any atom is -0.390 e. The summed E-state index contributed by atoms with van der Waals surface area (Å²) in [4.78, 5) is 0. The van der Waals surface area contributed by atoms with Gasteiger partial charge in [0, 0.05) is 0 Å². The molecule has 0 amide bonds. The van der Waals surface area contributed by atoms with Gasteiger partial charge in [-0.25, -0.2) is 0 Å². The van der Waals surface area contributed by atoms with Gasteiger partial charge in [0.25, 0.3) is 0 Å². The van der Waals surface area contributed by atoms with Crippen LogP contribution in [0.15, 0.2) is 0 Å². The zero-order valence-corrected chi connectivity index (χ0v) is 11.4. The quantitative estimate of drug-likeness (QED) is 0.714. The van der Waals surface area contributed by atoms with Gasteiger partial charge in [-0.3, -0.25) is 0 Å². The molecular formula is C15H28O. The van der Waals surface area contributed by atoms with Crippen LogP contribution in [0.2, 0.25) is 0 Å². The van der Waals surface area contributed by atoms with Crippen LogP contribution in [0.3, 0.4) is 0 Å². The second kappa shape index (κ2) is 4.01. The molecule has 4 atom stereocenters. The standard InChI is InChI=1S/C15H28O/c1-11(2)12-6-9-14(3)7-5-8-15(4,16)13(14)10-12/h11-13,16H,5-10H2,1-4H3/t12-,13+,14-,15-/m1/s1. The number of fused-ring (bicyclic) bond motifs is 1. The maximum atomic E-state index is 10.6. The van der Waals surface area contributed by atoms with Gasteiger partial charge < -0.3 is 5.11 Å². The number of aliphatic hydroxyl groups is 1. The molecule has 1 N–H and O–H groups in total. The third-order valence-electron chi connectivity index (χ3n) is 5.59. The third-order valence-corrected chi connectivity index (χ3v) is 5.59. The Kier molecular flexibility index (Phi) is 3.11. The van der Waals surface area contributed by atoms with E-state index in [0.717, 1.165) is 18.3 Å². The van der Waals surface area contributed by atoms with Crippen LogP contribution in [0, 0.1) is 23.2 Å². The maximum Gasteiger partial charge on any atom is 0.0653 e. The van der Waals surface area contributed by atoms with Gasteiger partial charge in [-0.1, -0.05) is 27.2 Å². The van der Waals surface area contributed by atoms with E-state index in [2.05, 4.69) is 27.7 Å². The normalized spacial score (nSPS) is 49.1. The fourth-order valence-electron chi connectivity index (χ4n) is 4.33. The maximum absolute atomic E-state index is 10.6. The van der Waals surface area contributed by atoms with E-state index >= 15 is 0 Å². The molecular weight excluding hydrogens is 196 g/mol. The Labute approximate surface area is 101 Å². The summed E-state index contributed by atoms with van der Waals surface area (Å²) in [6.45, 7) is 9.18. The Bertz CT molecular complexity index is 256. The van der Waals surface area contributed by atoms with E-state index in [4.69, 9.17) is 0 Å². The first-order valence-corrected chi connectivity index (χ1v) is 7.07. The molecule has 16 heavy (non-hydrogen) atoms. The van der Waals surface area contributed by atoms with Gasteiger partial charge in [-0.15, -0.1) is 0 Å². The Morgan fingerprint density at radius 1 is 1.12 bits per heavy atom. The Morgan fingerprint density at radius 3 is 2.44 bits per heavy atom. The van der Waals surface area contributed by atoms with E-state index in [1.807, 2.05) is 0 Å². The van der Waals surface area contributed by atoms with Crippen molar-refractivity contribution in [2.75, 3.05) is 0 Å². The van der Waals surface area contributed by atoms with E-state index in [0.29, 0.717) is 11.3 Å². The number of rotatable bonds is 1. The van der Waals surface area contributed by atoms with Crippen LogP contribution in [0.1, 0.15) is 66.2 Å². The molecule has 0 heterocycles.